The average molecular weight is 337 g/mol. The van der Waals surface area contributed by atoms with E-state index in [4.69, 9.17) is 9.47 Å². The third kappa shape index (κ3) is 3.52. The Balaban J connectivity index is 1.36. The minimum absolute atomic E-state index is 0.138. The van der Waals surface area contributed by atoms with E-state index < -0.39 is 0 Å². The Kier molecular flexibility index (Phi) is 4.43. The van der Waals surface area contributed by atoms with Gasteiger partial charge in [-0.05, 0) is 44.9 Å². The number of nitrogens with zero attached hydrogens (tertiary/aromatic N) is 1. The molecule has 0 aromatic heterocycles. The molecule has 4 rings (SSSR count). The fourth-order valence-corrected chi connectivity index (χ4v) is 4.07. The van der Waals surface area contributed by atoms with Gasteiger partial charge < -0.3 is 14.4 Å². The number of hydrogen-bond acceptors (Lipinski definition) is 3. The number of ether oxygens (including phenoxy) is 2. The summed E-state index contributed by atoms with van der Waals surface area (Å²) in [6, 6.07) is 18.7. The van der Waals surface area contributed by atoms with Gasteiger partial charge in [0.2, 0.25) is 0 Å². The zero-order chi connectivity index (χ0) is 17.3. The van der Waals surface area contributed by atoms with Gasteiger partial charge >= 0.3 is 0 Å². The van der Waals surface area contributed by atoms with Crippen molar-refractivity contribution in [2.24, 2.45) is 0 Å². The highest BCUT2D eigenvalue weighted by atomic mass is 16.5. The lowest BCUT2D eigenvalue weighted by Gasteiger charge is -2.36. The maximum absolute atomic E-state index is 6.20. The van der Waals surface area contributed by atoms with Crippen LogP contribution in [0.1, 0.15) is 38.2 Å². The van der Waals surface area contributed by atoms with Crippen LogP contribution >= 0.6 is 0 Å². The molecule has 2 aliphatic rings. The predicted octanol–water partition coefficient (Wildman–Crippen LogP) is 4.48. The lowest BCUT2D eigenvalue weighted by atomic mass is 9.86. The molecule has 0 amide bonds. The highest BCUT2D eigenvalue weighted by molar-refractivity contribution is 5.42. The number of para-hydroxylation sites is 2. The summed E-state index contributed by atoms with van der Waals surface area (Å²) in [4.78, 5) is 2.57. The van der Waals surface area contributed by atoms with Crippen molar-refractivity contribution in [2.45, 2.75) is 44.3 Å². The van der Waals surface area contributed by atoms with Crippen molar-refractivity contribution in [3.05, 3.63) is 60.2 Å². The molecule has 1 saturated heterocycles. The van der Waals surface area contributed by atoms with E-state index in [0.29, 0.717) is 12.0 Å². The van der Waals surface area contributed by atoms with Gasteiger partial charge in [0.05, 0.1) is 0 Å². The van der Waals surface area contributed by atoms with Crippen molar-refractivity contribution in [1.82, 2.24) is 4.90 Å². The molecule has 1 fully saturated rings. The number of hydrogen-bond donors (Lipinski definition) is 0. The van der Waals surface area contributed by atoms with Gasteiger partial charge in [-0.25, -0.2) is 0 Å². The fraction of sp³-hybridized carbons (Fsp3) is 0.455. The van der Waals surface area contributed by atoms with E-state index in [2.05, 4.69) is 43.0 Å². The van der Waals surface area contributed by atoms with Crippen LogP contribution in [-0.2, 0) is 0 Å². The second kappa shape index (κ2) is 6.72. The van der Waals surface area contributed by atoms with E-state index in [1.54, 1.807) is 0 Å². The molecule has 1 unspecified atom stereocenters. The molecule has 3 nitrogen and oxygen atoms in total. The largest absolute Gasteiger partial charge is 0.490 e. The lowest BCUT2D eigenvalue weighted by molar-refractivity contribution is 0.0626. The quantitative estimate of drug-likeness (QED) is 0.821. The summed E-state index contributed by atoms with van der Waals surface area (Å²) >= 11 is 0. The standard InChI is InChI=1S/C22H27NO2/c1-22(2)20(19-10-6-7-11-21(19)25-22)16-23-14-12-18(13-15-23)24-17-8-4-3-5-9-17/h3-11,18,20H,12-16H2,1-2H3. The average Bonchev–Trinajstić information content (AvgIpc) is 2.87. The molecule has 25 heavy (non-hydrogen) atoms. The molecule has 2 aromatic carbocycles. The minimum Gasteiger partial charge on any atom is -0.490 e. The minimum atomic E-state index is -0.138. The molecule has 3 heteroatoms. The van der Waals surface area contributed by atoms with Crippen molar-refractivity contribution in [2.75, 3.05) is 19.6 Å². The Hall–Kier alpha value is -2.00. The van der Waals surface area contributed by atoms with Gasteiger partial charge in [-0.3, -0.25) is 0 Å². The van der Waals surface area contributed by atoms with Crippen molar-refractivity contribution in [1.29, 1.82) is 0 Å². The van der Waals surface area contributed by atoms with Gasteiger partial charge in [0.1, 0.15) is 23.2 Å². The molecule has 0 saturated carbocycles. The van der Waals surface area contributed by atoms with E-state index in [1.165, 1.54) is 5.56 Å². The summed E-state index contributed by atoms with van der Waals surface area (Å²) in [5.41, 5.74) is 1.22. The summed E-state index contributed by atoms with van der Waals surface area (Å²) in [7, 11) is 0. The van der Waals surface area contributed by atoms with E-state index in [9.17, 15) is 0 Å². The summed E-state index contributed by atoms with van der Waals surface area (Å²) in [6.07, 6.45) is 2.51. The summed E-state index contributed by atoms with van der Waals surface area (Å²) in [5, 5.41) is 0. The molecular weight excluding hydrogens is 310 g/mol. The van der Waals surface area contributed by atoms with Crippen LogP contribution in [0.4, 0.5) is 0 Å². The van der Waals surface area contributed by atoms with Gasteiger partial charge in [-0.1, -0.05) is 36.4 Å². The maximum Gasteiger partial charge on any atom is 0.123 e. The van der Waals surface area contributed by atoms with Crippen molar-refractivity contribution in [3.8, 4) is 11.5 Å². The van der Waals surface area contributed by atoms with E-state index in [1.807, 2.05) is 30.3 Å². The second-order valence-corrected chi connectivity index (χ2v) is 7.73. The molecule has 2 aromatic rings. The van der Waals surface area contributed by atoms with E-state index >= 15 is 0 Å². The third-order valence-corrected chi connectivity index (χ3v) is 5.53. The van der Waals surface area contributed by atoms with Crippen LogP contribution in [0.5, 0.6) is 11.5 Å². The fourth-order valence-electron chi connectivity index (χ4n) is 4.07. The summed E-state index contributed by atoms with van der Waals surface area (Å²) < 4.78 is 12.3. The molecule has 0 aliphatic carbocycles. The van der Waals surface area contributed by atoms with Crippen molar-refractivity contribution < 1.29 is 9.47 Å². The molecule has 132 valence electrons. The number of piperidine rings is 1. The Morgan fingerprint density at radius 1 is 1.00 bits per heavy atom. The normalized spacial score (nSPS) is 23.0. The van der Waals surface area contributed by atoms with Crippen LogP contribution in [0.25, 0.3) is 0 Å². The van der Waals surface area contributed by atoms with Crippen LogP contribution in [0.3, 0.4) is 0 Å². The van der Waals surface area contributed by atoms with E-state index in [0.717, 1.165) is 44.0 Å². The first-order valence-electron chi connectivity index (χ1n) is 9.34. The summed E-state index contributed by atoms with van der Waals surface area (Å²) in [6.45, 7) is 7.66. The predicted molar refractivity (Wildman–Crippen MR) is 100 cm³/mol. The highest BCUT2D eigenvalue weighted by Gasteiger charge is 2.41. The van der Waals surface area contributed by atoms with Crippen LogP contribution in [0, 0.1) is 0 Å². The number of likely N-dealkylation sites (tertiary alicyclic amines) is 1. The highest BCUT2D eigenvalue weighted by Crippen LogP contribution is 2.44. The molecular formula is C22H27NO2. The Labute approximate surface area is 150 Å². The molecule has 2 heterocycles. The monoisotopic (exact) mass is 337 g/mol. The molecule has 0 N–H and O–H groups in total. The van der Waals surface area contributed by atoms with Crippen molar-refractivity contribution >= 4 is 0 Å². The van der Waals surface area contributed by atoms with Crippen LogP contribution in [0.15, 0.2) is 54.6 Å². The second-order valence-electron chi connectivity index (χ2n) is 7.73. The first-order valence-corrected chi connectivity index (χ1v) is 9.34. The zero-order valence-electron chi connectivity index (χ0n) is 15.2. The summed E-state index contributed by atoms with van der Waals surface area (Å²) in [5.74, 6) is 2.47. The molecule has 0 radical (unpaired) electrons. The number of rotatable bonds is 4. The molecule has 1 atom stereocenters. The van der Waals surface area contributed by atoms with Gasteiger partial charge in [0, 0.05) is 31.1 Å². The van der Waals surface area contributed by atoms with Gasteiger partial charge in [0.15, 0.2) is 0 Å². The molecule has 0 spiro atoms. The van der Waals surface area contributed by atoms with Crippen molar-refractivity contribution in [3.63, 3.8) is 0 Å². The SMILES string of the molecule is CC1(C)Oc2ccccc2C1CN1CCC(Oc2ccccc2)CC1. The first-order chi connectivity index (χ1) is 12.1. The number of fused-ring (bicyclic) bond motifs is 1. The Morgan fingerprint density at radius 2 is 1.68 bits per heavy atom. The topological polar surface area (TPSA) is 21.7 Å². The number of benzene rings is 2. The van der Waals surface area contributed by atoms with Gasteiger partial charge in [0.25, 0.3) is 0 Å². The maximum atomic E-state index is 6.20. The molecule has 0 bridgehead atoms. The van der Waals surface area contributed by atoms with Crippen LogP contribution in [-0.4, -0.2) is 36.2 Å². The third-order valence-electron chi connectivity index (χ3n) is 5.53. The Morgan fingerprint density at radius 3 is 2.44 bits per heavy atom. The Bertz CT molecular complexity index is 705. The first kappa shape index (κ1) is 16.5. The smallest absolute Gasteiger partial charge is 0.123 e. The van der Waals surface area contributed by atoms with Crippen LogP contribution < -0.4 is 9.47 Å². The van der Waals surface area contributed by atoms with E-state index in [-0.39, 0.29) is 5.60 Å². The van der Waals surface area contributed by atoms with Crippen LogP contribution in [0.2, 0.25) is 0 Å². The van der Waals surface area contributed by atoms with Gasteiger partial charge in [-0.2, -0.15) is 0 Å². The zero-order valence-corrected chi connectivity index (χ0v) is 15.2. The molecule has 2 aliphatic heterocycles. The lowest BCUT2D eigenvalue weighted by Crippen LogP contribution is -2.44. The van der Waals surface area contributed by atoms with Gasteiger partial charge in [-0.15, -0.1) is 0 Å².